The van der Waals surface area contributed by atoms with E-state index in [1.165, 1.54) is 6.21 Å². The smallest absolute Gasteiger partial charge is 0.104 e. The fourth-order valence-corrected chi connectivity index (χ4v) is 1.23. The number of anilines is 1. The van der Waals surface area contributed by atoms with E-state index in [-0.39, 0.29) is 0 Å². The minimum Gasteiger partial charge on any atom is -0.384 e. The zero-order valence-electron chi connectivity index (χ0n) is 6.76. The van der Waals surface area contributed by atoms with E-state index >= 15 is 0 Å². The van der Waals surface area contributed by atoms with Crippen LogP contribution in [0.1, 0.15) is 12.6 Å². The van der Waals surface area contributed by atoms with E-state index in [1.54, 1.807) is 6.20 Å². The van der Waals surface area contributed by atoms with E-state index in [2.05, 4.69) is 26.2 Å². The topological polar surface area (TPSA) is 48.8 Å². The molecule has 2 N–H and O–H groups in total. The van der Waals surface area contributed by atoms with Gasteiger partial charge in [-0.15, -0.1) is 0 Å². The van der Waals surface area contributed by atoms with Crippen LogP contribution < -0.4 is 5.32 Å². The predicted octanol–water partition coefficient (Wildman–Crippen LogP) is 2.27. The van der Waals surface area contributed by atoms with Crippen LogP contribution in [0, 0.1) is 5.41 Å². The van der Waals surface area contributed by atoms with Crippen molar-refractivity contribution in [2.75, 3.05) is 11.9 Å². The van der Waals surface area contributed by atoms with Gasteiger partial charge in [0.15, 0.2) is 0 Å². The molecule has 0 bridgehead atoms. The molecule has 1 aromatic heterocycles. The Morgan fingerprint density at radius 1 is 1.75 bits per heavy atom. The molecular formula is C8H10BrN3. The van der Waals surface area contributed by atoms with Gasteiger partial charge in [0.05, 0.1) is 5.69 Å². The van der Waals surface area contributed by atoms with E-state index in [4.69, 9.17) is 5.41 Å². The van der Waals surface area contributed by atoms with Gasteiger partial charge in [-0.1, -0.05) is 0 Å². The normalized spacial score (nSPS) is 9.50. The molecule has 64 valence electrons. The van der Waals surface area contributed by atoms with Crippen molar-refractivity contribution < 1.29 is 0 Å². The summed E-state index contributed by atoms with van der Waals surface area (Å²) in [6.45, 7) is 2.84. The maximum Gasteiger partial charge on any atom is 0.104 e. The van der Waals surface area contributed by atoms with Gasteiger partial charge < -0.3 is 10.7 Å². The Labute approximate surface area is 79.8 Å². The van der Waals surface area contributed by atoms with Crippen LogP contribution in [0.2, 0.25) is 0 Å². The van der Waals surface area contributed by atoms with Crippen LogP contribution in [0.5, 0.6) is 0 Å². The van der Waals surface area contributed by atoms with Gasteiger partial charge in [-0.3, -0.25) is 4.98 Å². The lowest BCUT2D eigenvalue weighted by Crippen LogP contribution is -2.01. The summed E-state index contributed by atoms with van der Waals surface area (Å²) >= 11 is 3.32. The zero-order chi connectivity index (χ0) is 8.97. The van der Waals surface area contributed by atoms with Crippen LogP contribution in [-0.2, 0) is 0 Å². The molecule has 1 rings (SSSR count). The minimum atomic E-state index is 0.667. The van der Waals surface area contributed by atoms with E-state index in [9.17, 15) is 0 Å². The summed E-state index contributed by atoms with van der Waals surface area (Å²) in [6.07, 6.45) is 2.92. The molecule has 0 aliphatic rings. The first kappa shape index (κ1) is 9.19. The van der Waals surface area contributed by atoms with Gasteiger partial charge in [-0.05, 0) is 28.9 Å². The van der Waals surface area contributed by atoms with E-state index in [0.29, 0.717) is 5.69 Å². The largest absolute Gasteiger partial charge is 0.384 e. The van der Waals surface area contributed by atoms with Crippen LogP contribution in [0.3, 0.4) is 0 Å². The molecule has 0 spiro atoms. The first-order valence-electron chi connectivity index (χ1n) is 3.67. The van der Waals surface area contributed by atoms with Crippen LogP contribution in [0.4, 0.5) is 5.69 Å². The van der Waals surface area contributed by atoms with Crippen LogP contribution >= 0.6 is 15.9 Å². The second kappa shape index (κ2) is 4.21. The summed E-state index contributed by atoms with van der Waals surface area (Å²) < 4.78 is 0.920. The van der Waals surface area contributed by atoms with Gasteiger partial charge in [0, 0.05) is 23.4 Å². The number of hydrogen-bond donors (Lipinski definition) is 2. The molecule has 0 fully saturated rings. The first-order chi connectivity index (χ1) is 5.77. The monoisotopic (exact) mass is 227 g/mol. The number of rotatable bonds is 3. The molecule has 3 nitrogen and oxygen atoms in total. The predicted molar refractivity (Wildman–Crippen MR) is 54.0 cm³/mol. The van der Waals surface area contributed by atoms with E-state index in [1.807, 2.05) is 13.0 Å². The zero-order valence-corrected chi connectivity index (χ0v) is 8.35. The first-order valence-corrected chi connectivity index (χ1v) is 4.47. The lowest BCUT2D eigenvalue weighted by molar-refractivity contribution is 1.18. The van der Waals surface area contributed by atoms with Gasteiger partial charge in [0.1, 0.15) is 5.69 Å². The molecule has 1 aromatic rings. The van der Waals surface area contributed by atoms with Gasteiger partial charge in [-0.25, -0.2) is 0 Å². The summed E-state index contributed by atoms with van der Waals surface area (Å²) in [5.74, 6) is 0. The number of halogens is 1. The van der Waals surface area contributed by atoms with Crippen molar-refractivity contribution >= 4 is 27.8 Å². The molecule has 0 unspecified atom stereocenters. The Hall–Kier alpha value is -0.900. The highest BCUT2D eigenvalue weighted by atomic mass is 79.9. The lowest BCUT2D eigenvalue weighted by Gasteiger charge is -2.05. The lowest BCUT2D eigenvalue weighted by atomic mass is 10.3. The molecule has 0 amide bonds. The third-order valence-corrected chi connectivity index (χ3v) is 1.82. The van der Waals surface area contributed by atoms with Crippen molar-refractivity contribution in [3.8, 4) is 0 Å². The summed E-state index contributed by atoms with van der Waals surface area (Å²) in [6, 6.07) is 1.91. The molecule has 0 aliphatic carbocycles. The molecule has 1 heterocycles. The SMILES string of the molecule is CCNc1cc(Br)cnc1C=N. The van der Waals surface area contributed by atoms with Crippen LogP contribution in [0.25, 0.3) is 0 Å². The highest BCUT2D eigenvalue weighted by Gasteiger charge is 1.99. The van der Waals surface area contributed by atoms with Crippen molar-refractivity contribution in [3.05, 3.63) is 22.4 Å². The molecule has 0 atom stereocenters. The fraction of sp³-hybridized carbons (Fsp3) is 0.250. The third kappa shape index (κ3) is 2.04. The highest BCUT2D eigenvalue weighted by molar-refractivity contribution is 9.10. The fourth-order valence-electron chi connectivity index (χ4n) is 0.897. The Morgan fingerprint density at radius 3 is 3.08 bits per heavy atom. The number of nitrogens with one attached hydrogen (secondary N) is 2. The molecule has 0 aromatic carbocycles. The molecule has 12 heavy (non-hydrogen) atoms. The third-order valence-electron chi connectivity index (χ3n) is 1.39. The molecule has 0 saturated carbocycles. The summed E-state index contributed by atoms with van der Waals surface area (Å²) in [5.41, 5.74) is 1.56. The Kier molecular flexibility index (Phi) is 3.22. The maximum atomic E-state index is 7.09. The van der Waals surface area contributed by atoms with E-state index in [0.717, 1.165) is 16.7 Å². The van der Waals surface area contributed by atoms with Gasteiger partial charge in [0.2, 0.25) is 0 Å². The van der Waals surface area contributed by atoms with Crippen molar-refractivity contribution in [2.45, 2.75) is 6.92 Å². The standard InChI is InChI=1S/C8H10BrN3/c1-2-11-7-3-6(9)5-12-8(7)4-10/h3-5,10-11H,2H2,1H3. The Morgan fingerprint density at radius 2 is 2.50 bits per heavy atom. The average Bonchev–Trinajstić information content (AvgIpc) is 2.05. The summed E-state index contributed by atoms with van der Waals surface area (Å²) in [7, 11) is 0. The summed E-state index contributed by atoms with van der Waals surface area (Å²) in [5, 5.41) is 10.2. The minimum absolute atomic E-state index is 0.667. The van der Waals surface area contributed by atoms with Crippen molar-refractivity contribution in [2.24, 2.45) is 0 Å². The highest BCUT2D eigenvalue weighted by Crippen LogP contribution is 2.17. The number of hydrogen-bond acceptors (Lipinski definition) is 3. The summed E-state index contributed by atoms with van der Waals surface area (Å²) in [4.78, 5) is 4.06. The van der Waals surface area contributed by atoms with Crippen molar-refractivity contribution in [1.29, 1.82) is 5.41 Å². The van der Waals surface area contributed by atoms with Gasteiger partial charge in [-0.2, -0.15) is 0 Å². The Balaban J connectivity index is 3.03. The molecule has 0 aliphatic heterocycles. The molecule has 4 heteroatoms. The average molecular weight is 228 g/mol. The van der Waals surface area contributed by atoms with Gasteiger partial charge >= 0.3 is 0 Å². The maximum absolute atomic E-state index is 7.09. The number of nitrogens with zero attached hydrogens (tertiary/aromatic N) is 1. The van der Waals surface area contributed by atoms with E-state index < -0.39 is 0 Å². The Bertz CT molecular complexity index is 286. The quantitative estimate of drug-likeness (QED) is 0.779. The number of aromatic nitrogens is 1. The molecule has 0 saturated heterocycles. The second-order valence-electron chi connectivity index (χ2n) is 2.26. The number of pyridine rings is 1. The molecular weight excluding hydrogens is 218 g/mol. The second-order valence-corrected chi connectivity index (χ2v) is 3.18. The van der Waals surface area contributed by atoms with Crippen LogP contribution in [0.15, 0.2) is 16.7 Å². The van der Waals surface area contributed by atoms with Crippen molar-refractivity contribution in [3.63, 3.8) is 0 Å². The van der Waals surface area contributed by atoms with Crippen LogP contribution in [-0.4, -0.2) is 17.7 Å². The molecule has 0 radical (unpaired) electrons. The van der Waals surface area contributed by atoms with Crippen molar-refractivity contribution in [1.82, 2.24) is 4.98 Å². The van der Waals surface area contributed by atoms with Gasteiger partial charge in [0.25, 0.3) is 0 Å².